The molecule has 6 heteroatoms. The fourth-order valence-electron chi connectivity index (χ4n) is 1.92. The van der Waals surface area contributed by atoms with Gasteiger partial charge in [-0.15, -0.1) is 11.8 Å². The molecule has 4 nitrogen and oxygen atoms in total. The van der Waals surface area contributed by atoms with Crippen molar-refractivity contribution in [3.8, 4) is 22.8 Å². The van der Waals surface area contributed by atoms with Gasteiger partial charge in [0, 0.05) is 21.2 Å². The monoisotopic (exact) mass is 317 g/mol. The first-order valence-corrected chi connectivity index (χ1v) is 7.81. The molecule has 2 N–H and O–H groups in total. The van der Waals surface area contributed by atoms with E-state index in [1.807, 2.05) is 30.5 Å². The molecule has 0 saturated heterocycles. The second-order valence-electron chi connectivity index (χ2n) is 4.38. The summed E-state index contributed by atoms with van der Waals surface area (Å²) in [5, 5.41) is 4.57. The smallest absolute Gasteiger partial charge is 0.260 e. The highest BCUT2D eigenvalue weighted by Gasteiger charge is 2.13. The molecule has 2 aromatic carbocycles. The second-order valence-corrected chi connectivity index (χ2v) is 5.70. The first kappa shape index (κ1) is 14.0. The van der Waals surface area contributed by atoms with Crippen molar-refractivity contribution in [3.05, 3.63) is 47.5 Å². The summed E-state index contributed by atoms with van der Waals surface area (Å²) in [6.07, 6.45) is 2.03. The van der Waals surface area contributed by atoms with Crippen LogP contribution >= 0.6 is 23.4 Å². The molecular formula is C15H12ClN3OS. The predicted octanol–water partition coefficient (Wildman–Crippen LogP) is 4.36. The van der Waals surface area contributed by atoms with Crippen LogP contribution in [0.5, 0.6) is 0 Å². The number of nitrogens with two attached hydrogens (primary N) is 1. The number of anilines is 1. The molecule has 0 aliphatic heterocycles. The summed E-state index contributed by atoms with van der Waals surface area (Å²) in [6, 6.07) is 13.1. The Balaban J connectivity index is 1.95. The van der Waals surface area contributed by atoms with Gasteiger partial charge in [-0.3, -0.25) is 0 Å². The average Bonchev–Trinajstić information content (AvgIpc) is 2.97. The number of halogens is 1. The molecule has 0 unspecified atom stereocenters. The minimum Gasteiger partial charge on any atom is -0.398 e. The average molecular weight is 318 g/mol. The van der Waals surface area contributed by atoms with Crippen molar-refractivity contribution in [1.82, 2.24) is 10.1 Å². The Morgan fingerprint density at radius 3 is 2.57 bits per heavy atom. The van der Waals surface area contributed by atoms with Gasteiger partial charge < -0.3 is 10.3 Å². The second kappa shape index (κ2) is 5.79. The van der Waals surface area contributed by atoms with E-state index in [0.717, 1.165) is 5.56 Å². The van der Waals surface area contributed by atoms with Crippen molar-refractivity contribution in [1.29, 1.82) is 0 Å². The summed E-state index contributed by atoms with van der Waals surface area (Å²) >= 11 is 7.57. The van der Waals surface area contributed by atoms with Crippen molar-refractivity contribution in [2.45, 2.75) is 4.90 Å². The van der Waals surface area contributed by atoms with Crippen LogP contribution in [0.4, 0.5) is 5.69 Å². The number of rotatable bonds is 3. The van der Waals surface area contributed by atoms with Crippen LogP contribution in [0, 0.1) is 0 Å². The third kappa shape index (κ3) is 2.89. The Morgan fingerprint density at radius 2 is 1.90 bits per heavy atom. The number of thioether (sulfide) groups is 1. The normalized spacial score (nSPS) is 10.8. The van der Waals surface area contributed by atoms with Crippen LogP contribution < -0.4 is 5.73 Å². The summed E-state index contributed by atoms with van der Waals surface area (Å²) in [6.45, 7) is 0. The van der Waals surface area contributed by atoms with E-state index in [-0.39, 0.29) is 0 Å². The Labute approximate surface area is 131 Å². The minimum absolute atomic E-state index is 0.383. The van der Waals surface area contributed by atoms with E-state index in [0.29, 0.717) is 28.0 Å². The topological polar surface area (TPSA) is 64.9 Å². The lowest BCUT2D eigenvalue weighted by Gasteiger charge is -2.00. The van der Waals surface area contributed by atoms with Gasteiger partial charge in [0.25, 0.3) is 5.89 Å². The van der Waals surface area contributed by atoms with Crippen LogP contribution in [0.15, 0.2) is 51.9 Å². The lowest BCUT2D eigenvalue weighted by Crippen LogP contribution is -1.90. The van der Waals surface area contributed by atoms with Gasteiger partial charge in [0.1, 0.15) is 0 Å². The SMILES string of the molecule is CSc1ccc(-c2noc(-c3ccc(Cl)cc3N)n2)cc1. The van der Waals surface area contributed by atoms with E-state index in [1.54, 1.807) is 30.0 Å². The van der Waals surface area contributed by atoms with E-state index in [2.05, 4.69) is 10.1 Å². The molecule has 0 bridgehead atoms. The third-order valence-corrected chi connectivity index (χ3v) is 4.00. The summed E-state index contributed by atoms with van der Waals surface area (Å²) in [5.41, 5.74) is 8.01. The standard InChI is InChI=1S/C15H12ClN3OS/c1-21-11-5-2-9(3-6-11)14-18-15(20-19-14)12-7-4-10(16)8-13(12)17/h2-8H,17H2,1H3. The van der Waals surface area contributed by atoms with Gasteiger partial charge in [-0.25, -0.2) is 0 Å². The Bertz CT molecular complexity index is 771. The summed E-state index contributed by atoms with van der Waals surface area (Å²) in [4.78, 5) is 5.57. The van der Waals surface area contributed by atoms with Crippen molar-refractivity contribution >= 4 is 29.1 Å². The summed E-state index contributed by atoms with van der Waals surface area (Å²) in [7, 11) is 0. The number of hydrogen-bond donors (Lipinski definition) is 1. The quantitative estimate of drug-likeness (QED) is 0.574. The first-order chi connectivity index (χ1) is 10.2. The number of nitrogen functional groups attached to an aromatic ring is 1. The van der Waals surface area contributed by atoms with E-state index in [4.69, 9.17) is 21.9 Å². The Hall–Kier alpha value is -1.98. The lowest BCUT2D eigenvalue weighted by atomic mass is 10.2. The number of nitrogens with zero attached hydrogens (tertiary/aromatic N) is 2. The highest BCUT2D eigenvalue weighted by molar-refractivity contribution is 7.98. The highest BCUT2D eigenvalue weighted by atomic mass is 35.5. The molecular weight excluding hydrogens is 306 g/mol. The van der Waals surface area contributed by atoms with Gasteiger partial charge in [0.2, 0.25) is 5.82 Å². The maximum atomic E-state index is 5.92. The van der Waals surface area contributed by atoms with E-state index >= 15 is 0 Å². The zero-order chi connectivity index (χ0) is 14.8. The molecule has 0 amide bonds. The van der Waals surface area contributed by atoms with E-state index in [9.17, 15) is 0 Å². The predicted molar refractivity (Wildman–Crippen MR) is 86.4 cm³/mol. The van der Waals surface area contributed by atoms with Gasteiger partial charge in [-0.05, 0) is 48.7 Å². The molecule has 21 heavy (non-hydrogen) atoms. The van der Waals surface area contributed by atoms with Crippen molar-refractivity contribution < 1.29 is 4.52 Å². The lowest BCUT2D eigenvalue weighted by molar-refractivity contribution is 0.432. The summed E-state index contributed by atoms with van der Waals surface area (Å²) in [5.74, 6) is 0.917. The van der Waals surface area contributed by atoms with Gasteiger partial charge >= 0.3 is 0 Å². The molecule has 0 aliphatic rings. The Kier molecular flexibility index (Phi) is 3.86. The first-order valence-electron chi connectivity index (χ1n) is 6.21. The molecule has 0 radical (unpaired) electrons. The van der Waals surface area contributed by atoms with Crippen LogP contribution in [-0.2, 0) is 0 Å². The number of aromatic nitrogens is 2. The van der Waals surface area contributed by atoms with Gasteiger partial charge in [-0.2, -0.15) is 4.98 Å². The number of benzene rings is 2. The van der Waals surface area contributed by atoms with Crippen LogP contribution in [0.2, 0.25) is 5.02 Å². The molecule has 0 spiro atoms. The van der Waals surface area contributed by atoms with Crippen LogP contribution in [-0.4, -0.2) is 16.4 Å². The molecule has 106 valence electrons. The molecule has 1 aromatic heterocycles. The number of hydrogen-bond acceptors (Lipinski definition) is 5. The fourth-order valence-corrected chi connectivity index (χ4v) is 2.51. The van der Waals surface area contributed by atoms with Crippen molar-refractivity contribution in [3.63, 3.8) is 0 Å². The zero-order valence-corrected chi connectivity index (χ0v) is 12.8. The molecule has 3 rings (SSSR count). The van der Waals surface area contributed by atoms with Crippen LogP contribution in [0.1, 0.15) is 0 Å². The molecule has 0 fully saturated rings. The minimum atomic E-state index is 0.383. The molecule has 0 aliphatic carbocycles. The summed E-state index contributed by atoms with van der Waals surface area (Å²) < 4.78 is 5.29. The van der Waals surface area contributed by atoms with E-state index < -0.39 is 0 Å². The van der Waals surface area contributed by atoms with Crippen molar-refractivity contribution in [2.24, 2.45) is 0 Å². The van der Waals surface area contributed by atoms with Crippen LogP contribution in [0.3, 0.4) is 0 Å². The third-order valence-electron chi connectivity index (χ3n) is 3.02. The maximum Gasteiger partial charge on any atom is 0.260 e. The molecule has 1 heterocycles. The van der Waals surface area contributed by atoms with E-state index in [1.165, 1.54) is 4.90 Å². The van der Waals surface area contributed by atoms with Crippen LogP contribution in [0.25, 0.3) is 22.8 Å². The Morgan fingerprint density at radius 1 is 1.14 bits per heavy atom. The molecule has 0 atom stereocenters. The van der Waals surface area contributed by atoms with Gasteiger partial charge in [0.05, 0.1) is 5.56 Å². The van der Waals surface area contributed by atoms with Crippen molar-refractivity contribution in [2.75, 3.05) is 12.0 Å². The maximum absolute atomic E-state index is 5.92. The zero-order valence-electron chi connectivity index (χ0n) is 11.2. The largest absolute Gasteiger partial charge is 0.398 e. The highest BCUT2D eigenvalue weighted by Crippen LogP contribution is 2.29. The molecule has 0 saturated carbocycles. The van der Waals surface area contributed by atoms with Gasteiger partial charge in [-0.1, -0.05) is 16.8 Å². The fraction of sp³-hybridized carbons (Fsp3) is 0.0667. The van der Waals surface area contributed by atoms with Gasteiger partial charge in [0.15, 0.2) is 0 Å². The molecule has 3 aromatic rings.